The van der Waals surface area contributed by atoms with Gasteiger partial charge in [-0.05, 0) is 26.0 Å². The fourth-order valence-electron chi connectivity index (χ4n) is 2.80. The van der Waals surface area contributed by atoms with Crippen molar-refractivity contribution in [2.24, 2.45) is 5.92 Å². The summed E-state index contributed by atoms with van der Waals surface area (Å²) >= 11 is 1.49. The van der Waals surface area contributed by atoms with Crippen LogP contribution in [0.25, 0.3) is 11.0 Å². The highest BCUT2D eigenvalue weighted by Crippen LogP contribution is 2.23. The van der Waals surface area contributed by atoms with E-state index < -0.39 is 0 Å². The van der Waals surface area contributed by atoms with Gasteiger partial charge in [0.15, 0.2) is 10.8 Å². The number of carbonyl (C=O) groups is 1. The fraction of sp³-hybridized carbons (Fsp3) is 0.667. The van der Waals surface area contributed by atoms with Crippen molar-refractivity contribution < 1.29 is 9.53 Å². The predicted molar refractivity (Wildman–Crippen MR) is 109 cm³/mol. The van der Waals surface area contributed by atoms with Gasteiger partial charge in [-0.1, -0.05) is 25.6 Å². The number of aromatic nitrogens is 4. The molecule has 0 bridgehead atoms. The van der Waals surface area contributed by atoms with Gasteiger partial charge in [-0.2, -0.15) is 5.10 Å². The van der Waals surface area contributed by atoms with Crippen LogP contribution in [-0.2, 0) is 16.1 Å². The molecule has 0 aliphatic carbocycles. The van der Waals surface area contributed by atoms with E-state index in [2.05, 4.69) is 25.7 Å². The molecule has 0 aliphatic heterocycles. The highest BCUT2D eigenvalue weighted by molar-refractivity contribution is 7.98. The Bertz CT molecular complexity index is 732. The van der Waals surface area contributed by atoms with Crippen LogP contribution in [0.1, 0.15) is 33.6 Å². The van der Waals surface area contributed by atoms with Crippen LogP contribution in [0.5, 0.6) is 0 Å². The third kappa shape index (κ3) is 5.80. The summed E-state index contributed by atoms with van der Waals surface area (Å²) in [6, 6.07) is 0. The molecule has 0 saturated carbocycles. The number of nitrogens with zero attached hydrogens (tertiary/aromatic N) is 4. The van der Waals surface area contributed by atoms with Crippen LogP contribution in [-0.4, -0.2) is 58.2 Å². The molecule has 0 aromatic carbocycles. The van der Waals surface area contributed by atoms with Gasteiger partial charge < -0.3 is 15.4 Å². The van der Waals surface area contributed by atoms with Gasteiger partial charge in [0.05, 0.1) is 24.7 Å². The van der Waals surface area contributed by atoms with Crippen molar-refractivity contribution in [3.8, 4) is 0 Å². The molecular weight excluding hydrogens is 364 g/mol. The number of amides is 1. The first-order valence-electron chi connectivity index (χ1n) is 9.51. The Morgan fingerprint density at radius 1 is 1.26 bits per heavy atom. The Hall–Kier alpha value is -1.87. The Labute approximate surface area is 164 Å². The van der Waals surface area contributed by atoms with E-state index in [9.17, 15) is 4.79 Å². The second-order valence-electron chi connectivity index (χ2n) is 6.09. The zero-order valence-corrected chi connectivity index (χ0v) is 17.4. The van der Waals surface area contributed by atoms with Gasteiger partial charge in [0.2, 0.25) is 5.91 Å². The third-order valence-corrected chi connectivity index (χ3v) is 4.93. The van der Waals surface area contributed by atoms with E-state index in [0.717, 1.165) is 29.7 Å². The van der Waals surface area contributed by atoms with E-state index in [4.69, 9.17) is 4.74 Å². The van der Waals surface area contributed by atoms with Crippen molar-refractivity contribution in [1.29, 1.82) is 0 Å². The molecule has 2 rings (SSSR count). The maximum absolute atomic E-state index is 12.1. The normalized spacial score (nSPS) is 11.3. The number of rotatable bonds is 12. The van der Waals surface area contributed by atoms with Crippen molar-refractivity contribution in [3.63, 3.8) is 0 Å². The summed E-state index contributed by atoms with van der Waals surface area (Å²) in [5, 5.41) is 12.3. The molecule has 0 radical (unpaired) electrons. The largest absolute Gasteiger partial charge is 0.380 e. The second kappa shape index (κ2) is 11.1. The van der Waals surface area contributed by atoms with E-state index in [-0.39, 0.29) is 11.8 Å². The van der Waals surface area contributed by atoms with E-state index in [1.54, 1.807) is 6.20 Å². The summed E-state index contributed by atoms with van der Waals surface area (Å²) < 4.78 is 7.19. The summed E-state index contributed by atoms with van der Waals surface area (Å²) in [5.41, 5.74) is 0.769. The van der Waals surface area contributed by atoms with Crippen LogP contribution in [0.15, 0.2) is 11.4 Å². The number of hydrogen-bond acceptors (Lipinski definition) is 7. The van der Waals surface area contributed by atoms with Crippen LogP contribution >= 0.6 is 11.8 Å². The molecule has 0 atom stereocenters. The average Bonchev–Trinajstić information content (AvgIpc) is 3.09. The smallest absolute Gasteiger partial charge is 0.223 e. The van der Waals surface area contributed by atoms with Crippen molar-refractivity contribution in [2.75, 3.05) is 37.9 Å². The quantitative estimate of drug-likeness (QED) is 0.324. The Balaban J connectivity index is 2.08. The highest BCUT2D eigenvalue weighted by Gasteiger charge is 2.15. The molecule has 0 unspecified atom stereocenters. The zero-order valence-electron chi connectivity index (χ0n) is 16.6. The minimum Gasteiger partial charge on any atom is -0.380 e. The predicted octanol–water partition coefficient (Wildman–Crippen LogP) is 2.55. The van der Waals surface area contributed by atoms with E-state index in [1.165, 1.54) is 11.8 Å². The van der Waals surface area contributed by atoms with Gasteiger partial charge in [0.25, 0.3) is 0 Å². The number of hydrogen-bond donors (Lipinski definition) is 2. The first-order chi connectivity index (χ1) is 13.1. The first-order valence-corrected chi connectivity index (χ1v) is 10.7. The van der Waals surface area contributed by atoms with Crippen LogP contribution in [0.3, 0.4) is 0 Å². The van der Waals surface area contributed by atoms with Gasteiger partial charge in [0.1, 0.15) is 5.82 Å². The van der Waals surface area contributed by atoms with Crippen molar-refractivity contribution >= 4 is 34.5 Å². The topological polar surface area (TPSA) is 94.0 Å². The van der Waals surface area contributed by atoms with Crippen LogP contribution in [0.2, 0.25) is 0 Å². The van der Waals surface area contributed by atoms with Gasteiger partial charge >= 0.3 is 0 Å². The molecule has 2 aromatic heterocycles. The van der Waals surface area contributed by atoms with Crippen molar-refractivity contribution in [3.05, 3.63) is 6.20 Å². The molecule has 8 nitrogen and oxygen atoms in total. The average molecular weight is 395 g/mol. The summed E-state index contributed by atoms with van der Waals surface area (Å²) in [6.45, 7) is 9.12. The second-order valence-corrected chi connectivity index (χ2v) is 6.87. The minimum absolute atomic E-state index is 0.0749. The summed E-state index contributed by atoms with van der Waals surface area (Å²) in [7, 11) is 0. The molecule has 2 aromatic rings. The lowest BCUT2D eigenvalue weighted by molar-refractivity contribution is -0.125. The Morgan fingerprint density at radius 2 is 2.04 bits per heavy atom. The van der Waals surface area contributed by atoms with Crippen LogP contribution in [0.4, 0.5) is 5.82 Å². The lowest BCUT2D eigenvalue weighted by Gasteiger charge is -2.13. The molecule has 0 saturated heterocycles. The molecule has 0 aliphatic rings. The number of anilines is 1. The lowest BCUT2D eigenvalue weighted by Crippen LogP contribution is -2.32. The number of ether oxygens (including phenoxy) is 1. The molecule has 2 heterocycles. The Morgan fingerprint density at radius 3 is 2.70 bits per heavy atom. The van der Waals surface area contributed by atoms with Crippen molar-refractivity contribution in [2.45, 2.75) is 45.3 Å². The maximum atomic E-state index is 12.1. The van der Waals surface area contributed by atoms with E-state index in [1.807, 2.05) is 31.7 Å². The van der Waals surface area contributed by atoms with Crippen molar-refractivity contribution in [1.82, 2.24) is 25.1 Å². The van der Waals surface area contributed by atoms with Gasteiger partial charge in [-0.3, -0.25) is 4.79 Å². The molecule has 2 N–H and O–H groups in total. The van der Waals surface area contributed by atoms with Gasteiger partial charge in [0, 0.05) is 25.6 Å². The summed E-state index contributed by atoms with van der Waals surface area (Å²) in [6.07, 6.45) is 5.43. The minimum atomic E-state index is 0.0749. The van der Waals surface area contributed by atoms with E-state index >= 15 is 0 Å². The standard InChI is InChI=1S/C18H30N6O2S/c1-5-13(6-2)17(25)20-8-10-24-16-14(12-21-24)15(19-9-11-26-7-3)22-18(23-16)27-4/h12-13H,5-11H2,1-4H3,(H,20,25)(H,19,22,23). The third-order valence-electron chi connectivity index (χ3n) is 4.38. The van der Waals surface area contributed by atoms with E-state index in [0.29, 0.717) is 38.0 Å². The molecule has 0 fully saturated rings. The molecular formula is C18H30N6O2S. The number of nitrogens with one attached hydrogen (secondary N) is 2. The number of carbonyl (C=O) groups excluding carboxylic acids is 1. The summed E-state index contributed by atoms with van der Waals surface area (Å²) in [4.78, 5) is 21.3. The van der Waals surface area contributed by atoms with Gasteiger partial charge in [-0.15, -0.1) is 0 Å². The Kier molecular flexibility index (Phi) is 8.80. The summed E-state index contributed by atoms with van der Waals surface area (Å²) in [5.74, 6) is 0.941. The SMILES string of the molecule is CCOCCNc1nc(SC)nc2c1cnn2CCNC(=O)C(CC)CC. The first kappa shape index (κ1) is 21.4. The number of thioether (sulfide) groups is 1. The maximum Gasteiger partial charge on any atom is 0.223 e. The van der Waals surface area contributed by atoms with Crippen LogP contribution < -0.4 is 10.6 Å². The molecule has 1 amide bonds. The monoisotopic (exact) mass is 394 g/mol. The molecule has 0 spiro atoms. The lowest BCUT2D eigenvalue weighted by atomic mass is 10.0. The molecule has 150 valence electrons. The molecule has 27 heavy (non-hydrogen) atoms. The number of fused-ring (bicyclic) bond motifs is 1. The zero-order chi connectivity index (χ0) is 19.6. The molecule has 9 heteroatoms. The van der Waals surface area contributed by atoms with Crippen LogP contribution in [0, 0.1) is 5.92 Å². The van der Waals surface area contributed by atoms with Gasteiger partial charge in [-0.25, -0.2) is 14.6 Å². The highest BCUT2D eigenvalue weighted by atomic mass is 32.2. The fourth-order valence-corrected chi connectivity index (χ4v) is 3.16.